The summed E-state index contributed by atoms with van der Waals surface area (Å²) < 4.78 is 1.03. The number of hydrogen-bond acceptors (Lipinski definition) is 1. The van der Waals surface area contributed by atoms with E-state index in [-0.39, 0.29) is 11.9 Å². The summed E-state index contributed by atoms with van der Waals surface area (Å²) in [7, 11) is 0. The molecule has 3 rings (SSSR count). The number of aromatic nitrogens is 1. The molecule has 0 aliphatic rings. The number of benzene rings is 2. The van der Waals surface area contributed by atoms with Crippen LogP contribution in [0.3, 0.4) is 0 Å². The lowest BCUT2D eigenvalue weighted by molar-refractivity contribution is 0.0941. The maximum Gasteiger partial charge on any atom is 0.252 e. The second kappa shape index (κ2) is 5.74. The number of amides is 1. The van der Waals surface area contributed by atoms with E-state index in [9.17, 15) is 4.79 Å². The molecule has 21 heavy (non-hydrogen) atoms. The smallest absolute Gasteiger partial charge is 0.252 e. The summed E-state index contributed by atoms with van der Waals surface area (Å²) in [5, 5.41) is 3.99. The fourth-order valence-electron chi connectivity index (χ4n) is 2.39. The monoisotopic (exact) mass is 342 g/mol. The van der Waals surface area contributed by atoms with Crippen LogP contribution in [0.25, 0.3) is 10.9 Å². The van der Waals surface area contributed by atoms with Crippen LogP contribution in [0.1, 0.15) is 28.9 Å². The van der Waals surface area contributed by atoms with Crippen molar-refractivity contribution < 1.29 is 4.79 Å². The van der Waals surface area contributed by atoms with Crippen LogP contribution in [-0.4, -0.2) is 10.9 Å². The standard InChI is InChI=1S/C17H15BrN2O/c1-11(12-5-7-13(18)8-6-12)20-17(21)15-3-2-4-16-14(15)9-10-19-16/h2-11,19H,1H3,(H,20,21)/t11-/m0/s1. The second-order valence-electron chi connectivity index (χ2n) is 4.99. The number of carbonyl (C=O) groups excluding carboxylic acids is 1. The number of fused-ring (bicyclic) bond motifs is 1. The molecule has 0 saturated carbocycles. The van der Waals surface area contributed by atoms with Gasteiger partial charge in [0, 0.05) is 27.1 Å². The van der Waals surface area contributed by atoms with Gasteiger partial charge >= 0.3 is 0 Å². The third-order valence-electron chi connectivity index (χ3n) is 3.56. The van der Waals surface area contributed by atoms with Gasteiger partial charge in [0.2, 0.25) is 0 Å². The molecule has 0 aliphatic carbocycles. The van der Waals surface area contributed by atoms with Gasteiger partial charge in [0.15, 0.2) is 0 Å². The van der Waals surface area contributed by atoms with Crippen LogP contribution in [0.4, 0.5) is 0 Å². The first-order valence-corrected chi connectivity index (χ1v) is 7.57. The molecule has 0 unspecified atom stereocenters. The minimum Gasteiger partial charge on any atom is -0.361 e. The predicted octanol–water partition coefficient (Wildman–Crippen LogP) is 4.42. The number of H-pyrrole nitrogens is 1. The first-order chi connectivity index (χ1) is 10.1. The van der Waals surface area contributed by atoms with Gasteiger partial charge in [-0.1, -0.05) is 34.1 Å². The molecule has 0 bridgehead atoms. The van der Waals surface area contributed by atoms with Crippen LogP contribution in [0.15, 0.2) is 59.2 Å². The molecule has 1 atom stereocenters. The normalized spacial score (nSPS) is 12.3. The van der Waals surface area contributed by atoms with Crippen molar-refractivity contribution in [1.82, 2.24) is 10.3 Å². The molecule has 1 heterocycles. The number of hydrogen-bond donors (Lipinski definition) is 2. The predicted molar refractivity (Wildman–Crippen MR) is 88.3 cm³/mol. The van der Waals surface area contributed by atoms with Crippen molar-refractivity contribution in [3.8, 4) is 0 Å². The van der Waals surface area contributed by atoms with Crippen molar-refractivity contribution in [3.63, 3.8) is 0 Å². The van der Waals surface area contributed by atoms with Gasteiger partial charge < -0.3 is 10.3 Å². The highest BCUT2D eigenvalue weighted by atomic mass is 79.9. The molecular formula is C17H15BrN2O. The quantitative estimate of drug-likeness (QED) is 0.726. The highest BCUT2D eigenvalue weighted by Crippen LogP contribution is 2.20. The van der Waals surface area contributed by atoms with Crippen molar-refractivity contribution in [2.24, 2.45) is 0 Å². The van der Waals surface area contributed by atoms with E-state index < -0.39 is 0 Å². The fraction of sp³-hybridized carbons (Fsp3) is 0.118. The van der Waals surface area contributed by atoms with Gasteiger partial charge in [-0.15, -0.1) is 0 Å². The zero-order chi connectivity index (χ0) is 14.8. The van der Waals surface area contributed by atoms with Gasteiger partial charge in [-0.05, 0) is 42.8 Å². The summed E-state index contributed by atoms with van der Waals surface area (Å²) in [6.07, 6.45) is 1.85. The van der Waals surface area contributed by atoms with Gasteiger partial charge in [0.1, 0.15) is 0 Å². The summed E-state index contributed by atoms with van der Waals surface area (Å²) in [6, 6.07) is 15.5. The van der Waals surface area contributed by atoms with Gasteiger partial charge in [-0.3, -0.25) is 4.79 Å². The Hall–Kier alpha value is -2.07. The molecule has 0 spiro atoms. The van der Waals surface area contributed by atoms with E-state index in [2.05, 4.69) is 26.2 Å². The van der Waals surface area contributed by atoms with E-state index in [4.69, 9.17) is 0 Å². The van der Waals surface area contributed by atoms with Crippen LogP contribution >= 0.6 is 15.9 Å². The van der Waals surface area contributed by atoms with Crippen molar-refractivity contribution >= 4 is 32.7 Å². The van der Waals surface area contributed by atoms with Crippen LogP contribution < -0.4 is 5.32 Å². The molecule has 1 aromatic heterocycles. The average Bonchev–Trinajstić information content (AvgIpc) is 2.96. The molecule has 2 aromatic carbocycles. The first kappa shape index (κ1) is 13.9. The Bertz CT molecular complexity index is 777. The topological polar surface area (TPSA) is 44.9 Å². The molecule has 2 N–H and O–H groups in total. The van der Waals surface area contributed by atoms with Gasteiger partial charge in [0.25, 0.3) is 5.91 Å². The van der Waals surface area contributed by atoms with E-state index >= 15 is 0 Å². The molecule has 106 valence electrons. The van der Waals surface area contributed by atoms with Crippen LogP contribution in [0.2, 0.25) is 0 Å². The maximum atomic E-state index is 12.5. The Morgan fingerprint density at radius 1 is 1.14 bits per heavy atom. The van der Waals surface area contributed by atoms with Gasteiger partial charge in [-0.2, -0.15) is 0 Å². The third-order valence-corrected chi connectivity index (χ3v) is 4.09. The van der Waals surface area contributed by atoms with Crippen molar-refractivity contribution in [2.45, 2.75) is 13.0 Å². The number of aromatic amines is 1. The number of halogens is 1. The minimum atomic E-state index is -0.0596. The Kier molecular flexibility index (Phi) is 3.80. The van der Waals surface area contributed by atoms with Crippen molar-refractivity contribution in [2.75, 3.05) is 0 Å². The average molecular weight is 343 g/mol. The lowest BCUT2D eigenvalue weighted by Gasteiger charge is -2.15. The molecule has 0 aliphatic heterocycles. The molecule has 4 heteroatoms. The van der Waals surface area contributed by atoms with E-state index in [1.54, 1.807) is 0 Å². The van der Waals surface area contributed by atoms with Crippen molar-refractivity contribution in [1.29, 1.82) is 0 Å². The second-order valence-corrected chi connectivity index (χ2v) is 5.91. The molecule has 1 amide bonds. The molecule has 3 nitrogen and oxygen atoms in total. The van der Waals surface area contributed by atoms with Crippen LogP contribution in [0.5, 0.6) is 0 Å². The van der Waals surface area contributed by atoms with Crippen molar-refractivity contribution in [3.05, 3.63) is 70.3 Å². The van der Waals surface area contributed by atoms with E-state index in [0.29, 0.717) is 5.56 Å². The number of nitrogens with one attached hydrogen (secondary N) is 2. The third kappa shape index (κ3) is 2.85. The summed E-state index contributed by atoms with van der Waals surface area (Å²) in [5.74, 6) is -0.0596. The van der Waals surface area contributed by atoms with Crippen LogP contribution in [-0.2, 0) is 0 Å². The van der Waals surface area contributed by atoms with Crippen LogP contribution in [0, 0.1) is 0 Å². The molecule has 0 radical (unpaired) electrons. The zero-order valence-corrected chi connectivity index (χ0v) is 13.1. The first-order valence-electron chi connectivity index (χ1n) is 6.77. The fourth-order valence-corrected chi connectivity index (χ4v) is 2.66. The maximum absolute atomic E-state index is 12.5. The highest BCUT2D eigenvalue weighted by molar-refractivity contribution is 9.10. The minimum absolute atomic E-state index is 0.0419. The Balaban J connectivity index is 1.83. The molecule has 0 fully saturated rings. The number of carbonyl (C=O) groups is 1. The Morgan fingerprint density at radius 2 is 1.90 bits per heavy atom. The molecule has 0 saturated heterocycles. The molecule has 3 aromatic rings. The van der Waals surface area contributed by atoms with Gasteiger partial charge in [-0.25, -0.2) is 0 Å². The molecular weight excluding hydrogens is 328 g/mol. The lowest BCUT2D eigenvalue weighted by atomic mass is 10.1. The van der Waals surface area contributed by atoms with E-state index in [1.165, 1.54) is 0 Å². The zero-order valence-electron chi connectivity index (χ0n) is 11.6. The number of rotatable bonds is 3. The Labute approximate surface area is 131 Å². The largest absolute Gasteiger partial charge is 0.361 e. The SMILES string of the molecule is C[C@H](NC(=O)c1cccc2[nH]ccc12)c1ccc(Br)cc1. The van der Waals surface area contributed by atoms with E-state index in [0.717, 1.165) is 20.9 Å². The van der Waals surface area contributed by atoms with E-state index in [1.807, 2.05) is 61.7 Å². The summed E-state index contributed by atoms with van der Waals surface area (Å²) in [5.41, 5.74) is 2.74. The summed E-state index contributed by atoms with van der Waals surface area (Å²) in [6.45, 7) is 1.98. The highest BCUT2D eigenvalue weighted by Gasteiger charge is 2.14. The Morgan fingerprint density at radius 3 is 2.67 bits per heavy atom. The summed E-state index contributed by atoms with van der Waals surface area (Å²) >= 11 is 3.41. The summed E-state index contributed by atoms with van der Waals surface area (Å²) in [4.78, 5) is 15.6. The van der Waals surface area contributed by atoms with Gasteiger partial charge in [0.05, 0.1) is 6.04 Å². The lowest BCUT2D eigenvalue weighted by Crippen LogP contribution is -2.26.